The van der Waals surface area contributed by atoms with E-state index >= 15 is 0 Å². The summed E-state index contributed by atoms with van der Waals surface area (Å²) in [6.45, 7) is 14.2. The molecule has 8 nitrogen and oxygen atoms in total. The third kappa shape index (κ3) is 10.2. The first-order valence-corrected chi connectivity index (χ1v) is 20.4. The molecule has 2 aromatic heterocycles. The van der Waals surface area contributed by atoms with Gasteiger partial charge < -0.3 is 9.80 Å². The lowest BCUT2D eigenvalue weighted by Crippen LogP contribution is -2.47. The smallest absolute Gasteiger partial charge is 0.205 e. The summed E-state index contributed by atoms with van der Waals surface area (Å²) >= 11 is 15.3. The minimum Gasteiger partial charge on any atom is -0.344 e. The highest BCUT2D eigenvalue weighted by Crippen LogP contribution is 2.28. The van der Waals surface area contributed by atoms with Crippen LogP contribution in [0.15, 0.2) is 97.1 Å². The normalized spacial score (nSPS) is 15.3. The fourth-order valence-corrected chi connectivity index (χ4v) is 8.36. The van der Waals surface area contributed by atoms with Gasteiger partial charge in [-0.1, -0.05) is 119 Å². The third-order valence-electron chi connectivity index (χ3n) is 9.70. The summed E-state index contributed by atoms with van der Waals surface area (Å²) in [6, 6.07) is 33.2. The molecule has 6 aromatic rings. The summed E-state index contributed by atoms with van der Waals surface area (Å²) in [5.74, 6) is 1.65. The number of benzene rings is 4. The molecular weight excluding hydrogens is 740 g/mol. The molecule has 0 N–H and O–H groups in total. The third-order valence-corrected chi connectivity index (χ3v) is 11.8. The average molecular weight is 784 g/mol. The Hall–Kier alpha value is -3.90. The molecule has 8 rings (SSSR count). The van der Waals surface area contributed by atoms with Crippen molar-refractivity contribution in [3.8, 4) is 22.8 Å². The van der Waals surface area contributed by atoms with E-state index in [-0.39, 0.29) is 0 Å². The minimum absolute atomic E-state index is 0.675. The number of halogens is 2. The summed E-state index contributed by atoms with van der Waals surface area (Å²) < 4.78 is 9.10. The number of nitrogens with zero attached hydrogens (tertiary/aromatic N) is 8. The molecule has 0 radical (unpaired) electrons. The Balaban J connectivity index is 0.000000164. The number of aromatic nitrogens is 4. The molecule has 2 aliphatic heterocycles. The van der Waals surface area contributed by atoms with Gasteiger partial charge >= 0.3 is 0 Å². The van der Waals surface area contributed by atoms with Crippen LogP contribution in [-0.4, -0.2) is 87.4 Å². The van der Waals surface area contributed by atoms with Crippen LogP contribution in [-0.2, 0) is 13.0 Å². The van der Waals surface area contributed by atoms with E-state index in [2.05, 4.69) is 121 Å². The van der Waals surface area contributed by atoms with Gasteiger partial charge in [0.15, 0.2) is 11.6 Å². The Kier molecular flexibility index (Phi) is 12.7. The molecule has 2 saturated heterocycles. The predicted molar refractivity (Wildman–Crippen MR) is 223 cm³/mol. The Morgan fingerprint density at radius 2 is 1.09 bits per heavy atom. The van der Waals surface area contributed by atoms with Gasteiger partial charge in [0.05, 0.1) is 0 Å². The number of hydrogen-bond donors (Lipinski definition) is 0. The highest BCUT2D eigenvalue weighted by atomic mass is 35.5. The molecule has 0 bridgehead atoms. The molecule has 0 unspecified atom stereocenters. The second-order valence-corrected chi connectivity index (χ2v) is 15.9. The maximum Gasteiger partial charge on any atom is 0.205 e. The zero-order chi connectivity index (χ0) is 36.6. The molecule has 0 saturated carbocycles. The lowest BCUT2D eigenvalue weighted by atomic mass is 10.1. The molecule has 0 aliphatic carbocycles. The van der Waals surface area contributed by atoms with Crippen LogP contribution in [0.25, 0.3) is 22.8 Å². The molecular formula is C41H44Cl2N8S2. The van der Waals surface area contributed by atoms with Crippen LogP contribution in [0, 0.1) is 13.8 Å². The van der Waals surface area contributed by atoms with E-state index in [1.807, 2.05) is 18.2 Å². The van der Waals surface area contributed by atoms with Crippen molar-refractivity contribution in [3.63, 3.8) is 0 Å². The quantitative estimate of drug-likeness (QED) is 0.144. The lowest BCUT2D eigenvalue weighted by Gasteiger charge is -2.34. The van der Waals surface area contributed by atoms with Gasteiger partial charge in [-0.3, -0.25) is 9.80 Å². The van der Waals surface area contributed by atoms with E-state index in [0.717, 1.165) is 115 Å². The topological polar surface area (TPSA) is 64.5 Å². The van der Waals surface area contributed by atoms with Crippen molar-refractivity contribution in [3.05, 3.63) is 129 Å². The molecule has 53 heavy (non-hydrogen) atoms. The summed E-state index contributed by atoms with van der Waals surface area (Å²) in [4.78, 5) is 19.2. The summed E-state index contributed by atoms with van der Waals surface area (Å²) in [5, 5.41) is 3.45. The van der Waals surface area contributed by atoms with E-state index in [9.17, 15) is 0 Å². The summed E-state index contributed by atoms with van der Waals surface area (Å²) in [7, 11) is 0. The van der Waals surface area contributed by atoms with E-state index in [0.29, 0.717) is 5.02 Å². The van der Waals surface area contributed by atoms with Crippen molar-refractivity contribution < 1.29 is 0 Å². The number of hydrogen-bond acceptors (Lipinski definition) is 10. The van der Waals surface area contributed by atoms with Crippen LogP contribution in [0.3, 0.4) is 0 Å². The maximum absolute atomic E-state index is 6.31. The van der Waals surface area contributed by atoms with Crippen molar-refractivity contribution in [2.24, 2.45) is 0 Å². The summed E-state index contributed by atoms with van der Waals surface area (Å²) in [5.41, 5.74) is 7.20. The lowest BCUT2D eigenvalue weighted by molar-refractivity contribution is 0.250. The van der Waals surface area contributed by atoms with E-state index in [1.165, 1.54) is 39.8 Å². The largest absolute Gasteiger partial charge is 0.344 e. The molecule has 0 spiro atoms. The van der Waals surface area contributed by atoms with Crippen LogP contribution in [0.2, 0.25) is 10.0 Å². The van der Waals surface area contributed by atoms with Gasteiger partial charge in [-0.15, -0.1) is 0 Å². The van der Waals surface area contributed by atoms with Crippen LogP contribution in [0.5, 0.6) is 0 Å². The fraction of sp³-hybridized carbons (Fsp3) is 0.317. The Labute approximate surface area is 331 Å². The number of aryl methyl sites for hydroxylation is 2. The predicted octanol–water partition coefficient (Wildman–Crippen LogP) is 9.02. The number of piperazine rings is 2. The molecule has 2 fully saturated rings. The zero-order valence-electron chi connectivity index (χ0n) is 30.2. The van der Waals surface area contributed by atoms with Crippen LogP contribution < -0.4 is 9.80 Å². The molecule has 274 valence electrons. The van der Waals surface area contributed by atoms with Crippen molar-refractivity contribution in [2.75, 3.05) is 68.7 Å². The van der Waals surface area contributed by atoms with Crippen molar-refractivity contribution in [1.29, 1.82) is 0 Å². The van der Waals surface area contributed by atoms with Gasteiger partial charge in [0.25, 0.3) is 0 Å². The van der Waals surface area contributed by atoms with Crippen molar-refractivity contribution in [2.45, 2.75) is 26.8 Å². The van der Waals surface area contributed by atoms with Gasteiger partial charge in [-0.2, -0.15) is 18.7 Å². The fourth-order valence-electron chi connectivity index (χ4n) is 6.41. The summed E-state index contributed by atoms with van der Waals surface area (Å²) in [6.07, 6.45) is 1.12. The standard InChI is InChI=1S/C21H24N4S.C20H20Cl2N4S/c1-17-7-9-19(10-8-17)20-22-21(26-23-20)25-15-13-24(14-16-25)12-11-18-5-3-2-4-6-18;1-14-2-4-15(5-3-14)19-23-20(27-24-19)26-10-8-25(9-11-26)13-16-6-7-17(21)12-18(16)22/h2-10H,11-16H2,1H3;2-7,12H,8-11,13H2,1H3. The van der Waals surface area contributed by atoms with E-state index in [1.54, 1.807) is 0 Å². The molecule has 0 amide bonds. The van der Waals surface area contributed by atoms with Gasteiger partial charge in [0, 0.05) is 110 Å². The van der Waals surface area contributed by atoms with Crippen LogP contribution >= 0.6 is 46.3 Å². The second kappa shape index (κ2) is 18.0. The Bertz CT molecular complexity index is 2040. The highest BCUT2D eigenvalue weighted by molar-refractivity contribution is 7.10. The number of rotatable bonds is 9. The average Bonchev–Trinajstić information content (AvgIpc) is 3.89. The minimum atomic E-state index is 0.675. The van der Waals surface area contributed by atoms with Crippen molar-refractivity contribution in [1.82, 2.24) is 28.5 Å². The Morgan fingerprint density at radius 1 is 0.585 bits per heavy atom. The zero-order valence-corrected chi connectivity index (χ0v) is 33.3. The molecule has 0 atom stereocenters. The first-order valence-electron chi connectivity index (χ1n) is 18.1. The highest BCUT2D eigenvalue weighted by Gasteiger charge is 2.22. The number of anilines is 2. The van der Waals surface area contributed by atoms with Crippen molar-refractivity contribution >= 4 is 56.5 Å². The molecule has 4 heterocycles. The van der Waals surface area contributed by atoms with E-state index in [4.69, 9.17) is 33.2 Å². The first-order chi connectivity index (χ1) is 25.9. The second-order valence-electron chi connectivity index (χ2n) is 13.6. The van der Waals surface area contributed by atoms with Gasteiger partial charge in [0.2, 0.25) is 10.3 Å². The van der Waals surface area contributed by atoms with Crippen LogP contribution in [0.1, 0.15) is 22.3 Å². The molecule has 2 aliphatic rings. The van der Waals surface area contributed by atoms with Gasteiger partial charge in [0.1, 0.15) is 0 Å². The first kappa shape index (κ1) is 37.4. The molecule has 12 heteroatoms. The van der Waals surface area contributed by atoms with Crippen LogP contribution in [0.4, 0.5) is 10.3 Å². The van der Waals surface area contributed by atoms with Gasteiger partial charge in [-0.25, -0.2) is 0 Å². The van der Waals surface area contributed by atoms with Gasteiger partial charge in [-0.05, 0) is 43.5 Å². The Morgan fingerprint density at radius 3 is 1.60 bits per heavy atom. The van der Waals surface area contributed by atoms with E-state index < -0.39 is 0 Å². The SMILES string of the molecule is Cc1ccc(-c2nsc(N3CCN(CCc4ccccc4)CC3)n2)cc1.Cc1ccc(-c2nsc(N3CCN(Cc4ccc(Cl)cc4Cl)CC3)n2)cc1. The maximum atomic E-state index is 6.31. The monoisotopic (exact) mass is 782 g/mol. The molecule has 4 aromatic carbocycles.